The minimum absolute atomic E-state index is 0.601. The van der Waals surface area contributed by atoms with Gasteiger partial charge in [-0.2, -0.15) is 0 Å². The van der Waals surface area contributed by atoms with E-state index < -0.39 is 0 Å². The van der Waals surface area contributed by atoms with Crippen LogP contribution in [0.3, 0.4) is 0 Å². The van der Waals surface area contributed by atoms with E-state index in [0.717, 1.165) is 16.9 Å². The van der Waals surface area contributed by atoms with Crippen LogP contribution in [0.1, 0.15) is 12.5 Å². The maximum atomic E-state index is 5.53. The molecule has 0 atom stereocenters. The summed E-state index contributed by atoms with van der Waals surface area (Å²) in [6, 6.07) is 7.99. The lowest BCUT2D eigenvalue weighted by molar-refractivity contribution is 0.466. The van der Waals surface area contributed by atoms with Crippen molar-refractivity contribution in [2.75, 3.05) is 5.75 Å². The Morgan fingerprint density at radius 3 is 2.80 bits per heavy atom. The van der Waals surface area contributed by atoms with Gasteiger partial charge in [-0.3, -0.25) is 0 Å². The standard InChI is InChI=1S/C11H12N2OS/c1-3-15-11-13-12-10(14-11)9-7-5-4-6-8(9)2/h4-7H,3H2,1-2H3. The highest BCUT2D eigenvalue weighted by Crippen LogP contribution is 2.24. The van der Waals surface area contributed by atoms with E-state index in [2.05, 4.69) is 17.1 Å². The fourth-order valence-electron chi connectivity index (χ4n) is 1.31. The van der Waals surface area contributed by atoms with Gasteiger partial charge in [0.25, 0.3) is 5.22 Å². The van der Waals surface area contributed by atoms with Crippen LogP contribution in [0.4, 0.5) is 0 Å². The maximum absolute atomic E-state index is 5.53. The third-order valence-electron chi connectivity index (χ3n) is 2.05. The summed E-state index contributed by atoms with van der Waals surface area (Å²) in [5.74, 6) is 1.54. The van der Waals surface area contributed by atoms with Gasteiger partial charge in [-0.1, -0.05) is 36.9 Å². The fraction of sp³-hybridized carbons (Fsp3) is 0.273. The van der Waals surface area contributed by atoms with E-state index in [1.54, 1.807) is 11.8 Å². The summed E-state index contributed by atoms with van der Waals surface area (Å²) in [6.45, 7) is 4.09. The number of nitrogens with zero attached hydrogens (tertiary/aromatic N) is 2. The molecule has 1 aromatic carbocycles. The lowest BCUT2D eigenvalue weighted by Crippen LogP contribution is -1.81. The van der Waals surface area contributed by atoms with Crippen LogP contribution in [0.15, 0.2) is 33.9 Å². The van der Waals surface area contributed by atoms with Crippen LogP contribution in [0.2, 0.25) is 0 Å². The van der Waals surface area contributed by atoms with Gasteiger partial charge >= 0.3 is 0 Å². The van der Waals surface area contributed by atoms with Crippen molar-refractivity contribution in [3.8, 4) is 11.5 Å². The smallest absolute Gasteiger partial charge is 0.276 e. The maximum Gasteiger partial charge on any atom is 0.276 e. The Morgan fingerprint density at radius 2 is 2.07 bits per heavy atom. The number of aryl methyl sites for hydroxylation is 1. The number of aromatic nitrogens is 2. The van der Waals surface area contributed by atoms with Gasteiger partial charge in [0.2, 0.25) is 5.89 Å². The summed E-state index contributed by atoms with van der Waals surface area (Å²) in [5.41, 5.74) is 2.15. The van der Waals surface area contributed by atoms with Gasteiger partial charge in [0.1, 0.15) is 0 Å². The number of rotatable bonds is 3. The predicted octanol–water partition coefficient (Wildman–Crippen LogP) is 3.16. The van der Waals surface area contributed by atoms with Gasteiger partial charge in [-0.25, -0.2) is 0 Å². The molecule has 0 unspecified atom stereocenters. The van der Waals surface area contributed by atoms with E-state index in [0.29, 0.717) is 11.1 Å². The Labute approximate surface area is 92.9 Å². The molecule has 4 heteroatoms. The topological polar surface area (TPSA) is 38.9 Å². The van der Waals surface area contributed by atoms with Gasteiger partial charge in [-0.05, 0) is 24.3 Å². The molecule has 15 heavy (non-hydrogen) atoms. The summed E-state index contributed by atoms with van der Waals surface area (Å²) in [6.07, 6.45) is 0. The quantitative estimate of drug-likeness (QED) is 0.745. The van der Waals surface area contributed by atoms with Crippen molar-refractivity contribution in [2.24, 2.45) is 0 Å². The molecule has 0 fully saturated rings. The monoisotopic (exact) mass is 220 g/mol. The van der Waals surface area contributed by atoms with Gasteiger partial charge in [0.05, 0.1) is 0 Å². The summed E-state index contributed by atoms with van der Waals surface area (Å²) in [5, 5.41) is 8.63. The Bertz CT molecular complexity index is 453. The Hall–Kier alpha value is -1.29. The molecule has 1 heterocycles. The SMILES string of the molecule is CCSc1nnc(-c2ccccc2C)o1. The Balaban J connectivity index is 2.33. The van der Waals surface area contributed by atoms with Crippen LogP contribution in [-0.4, -0.2) is 16.0 Å². The number of hydrogen-bond donors (Lipinski definition) is 0. The summed E-state index contributed by atoms with van der Waals surface area (Å²) in [4.78, 5) is 0. The van der Waals surface area contributed by atoms with Crippen molar-refractivity contribution in [1.29, 1.82) is 0 Å². The first kappa shape index (κ1) is 10.2. The molecule has 0 aliphatic carbocycles. The average Bonchev–Trinajstić information content (AvgIpc) is 2.68. The highest BCUT2D eigenvalue weighted by molar-refractivity contribution is 7.99. The first-order valence-electron chi connectivity index (χ1n) is 4.83. The largest absolute Gasteiger partial charge is 0.411 e. The molecule has 2 aromatic rings. The Kier molecular flexibility index (Phi) is 3.06. The predicted molar refractivity (Wildman–Crippen MR) is 60.9 cm³/mol. The minimum atomic E-state index is 0.601. The summed E-state index contributed by atoms with van der Waals surface area (Å²) >= 11 is 1.56. The average molecular weight is 220 g/mol. The normalized spacial score (nSPS) is 10.5. The molecule has 0 aliphatic rings. The van der Waals surface area contributed by atoms with Crippen molar-refractivity contribution in [3.63, 3.8) is 0 Å². The number of thioether (sulfide) groups is 1. The van der Waals surface area contributed by atoms with Crippen molar-refractivity contribution >= 4 is 11.8 Å². The first-order valence-corrected chi connectivity index (χ1v) is 5.82. The molecule has 0 spiro atoms. The molecule has 0 saturated heterocycles. The lowest BCUT2D eigenvalue weighted by Gasteiger charge is -1.98. The molecule has 0 aliphatic heterocycles. The molecular weight excluding hydrogens is 208 g/mol. The highest BCUT2D eigenvalue weighted by Gasteiger charge is 2.09. The number of hydrogen-bond acceptors (Lipinski definition) is 4. The van der Waals surface area contributed by atoms with Crippen LogP contribution in [0, 0.1) is 6.92 Å². The molecule has 0 saturated carbocycles. The lowest BCUT2D eigenvalue weighted by atomic mass is 10.1. The van der Waals surface area contributed by atoms with Gasteiger partial charge < -0.3 is 4.42 Å². The third-order valence-corrected chi connectivity index (χ3v) is 2.75. The first-order chi connectivity index (χ1) is 7.31. The second kappa shape index (κ2) is 4.49. The highest BCUT2D eigenvalue weighted by atomic mass is 32.2. The van der Waals surface area contributed by atoms with Crippen LogP contribution in [-0.2, 0) is 0 Å². The summed E-state index contributed by atoms with van der Waals surface area (Å²) in [7, 11) is 0. The van der Waals surface area contributed by atoms with E-state index in [9.17, 15) is 0 Å². The van der Waals surface area contributed by atoms with Crippen LogP contribution < -0.4 is 0 Å². The van der Waals surface area contributed by atoms with E-state index in [1.165, 1.54) is 0 Å². The van der Waals surface area contributed by atoms with Gasteiger partial charge in [-0.15, -0.1) is 10.2 Å². The van der Waals surface area contributed by atoms with Crippen molar-refractivity contribution in [2.45, 2.75) is 19.1 Å². The number of benzene rings is 1. The third kappa shape index (κ3) is 2.21. The van der Waals surface area contributed by atoms with Gasteiger partial charge in [0.15, 0.2) is 0 Å². The van der Waals surface area contributed by atoms with E-state index >= 15 is 0 Å². The molecule has 78 valence electrons. The Morgan fingerprint density at radius 1 is 1.27 bits per heavy atom. The molecule has 0 N–H and O–H groups in total. The van der Waals surface area contributed by atoms with E-state index in [4.69, 9.17) is 4.42 Å². The molecule has 0 radical (unpaired) electrons. The zero-order valence-electron chi connectivity index (χ0n) is 8.73. The summed E-state index contributed by atoms with van der Waals surface area (Å²) < 4.78 is 5.53. The van der Waals surface area contributed by atoms with E-state index in [1.807, 2.05) is 31.2 Å². The van der Waals surface area contributed by atoms with Gasteiger partial charge in [0, 0.05) is 5.56 Å². The van der Waals surface area contributed by atoms with Crippen LogP contribution in [0.5, 0.6) is 0 Å². The second-order valence-electron chi connectivity index (χ2n) is 3.12. The van der Waals surface area contributed by atoms with E-state index in [-0.39, 0.29) is 0 Å². The minimum Gasteiger partial charge on any atom is -0.411 e. The van der Waals surface area contributed by atoms with Crippen molar-refractivity contribution in [3.05, 3.63) is 29.8 Å². The molecule has 2 rings (SSSR count). The van der Waals surface area contributed by atoms with Crippen molar-refractivity contribution in [1.82, 2.24) is 10.2 Å². The molecule has 3 nitrogen and oxygen atoms in total. The molecule has 0 bridgehead atoms. The molecule has 1 aromatic heterocycles. The second-order valence-corrected chi connectivity index (χ2v) is 4.34. The molecular formula is C11H12N2OS. The zero-order valence-corrected chi connectivity index (χ0v) is 9.54. The van der Waals surface area contributed by atoms with Crippen LogP contribution >= 0.6 is 11.8 Å². The zero-order chi connectivity index (χ0) is 10.7. The fourth-order valence-corrected chi connectivity index (χ4v) is 1.80. The van der Waals surface area contributed by atoms with Crippen molar-refractivity contribution < 1.29 is 4.42 Å². The molecule has 0 amide bonds. The van der Waals surface area contributed by atoms with Crippen LogP contribution in [0.25, 0.3) is 11.5 Å².